The van der Waals surface area contributed by atoms with E-state index in [-0.39, 0.29) is 28.7 Å². The van der Waals surface area contributed by atoms with E-state index in [4.69, 9.17) is 4.42 Å². The SMILES string of the molecule is CC(C)CN(CC(C)C)S(=O)(=O)c1ccc(C(=O)Nc2nnc(C3CCCCC3)o2)cc1. The lowest BCUT2D eigenvalue weighted by molar-refractivity contribution is 0.102. The van der Waals surface area contributed by atoms with Crippen LogP contribution in [0.2, 0.25) is 0 Å². The summed E-state index contributed by atoms with van der Waals surface area (Å²) >= 11 is 0. The van der Waals surface area contributed by atoms with Crippen LogP contribution >= 0.6 is 0 Å². The van der Waals surface area contributed by atoms with Crippen molar-refractivity contribution in [3.63, 3.8) is 0 Å². The number of carbonyl (C=O) groups excluding carboxylic acids is 1. The first-order valence-electron chi connectivity index (χ1n) is 11.4. The van der Waals surface area contributed by atoms with Crippen LogP contribution in [0.15, 0.2) is 33.6 Å². The maximum Gasteiger partial charge on any atom is 0.322 e. The molecule has 3 rings (SSSR count). The molecular weight excluding hydrogens is 428 g/mol. The first-order valence-corrected chi connectivity index (χ1v) is 12.9. The van der Waals surface area contributed by atoms with Crippen molar-refractivity contribution in [1.82, 2.24) is 14.5 Å². The average Bonchev–Trinajstić information content (AvgIpc) is 3.22. The second-order valence-electron chi connectivity index (χ2n) is 9.37. The molecule has 1 aromatic carbocycles. The Balaban J connectivity index is 1.69. The molecule has 1 fully saturated rings. The van der Waals surface area contributed by atoms with E-state index in [0.29, 0.717) is 24.5 Å². The molecule has 32 heavy (non-hydrogen) atoms. The molecule has 0 bridgehead atoms. The molecule has 0 aliphatic heterocycles. The zero-order valence-electron chi connectivity index (χ0n) is 19.4. The van der Waals surface area contributed by atoms with Crippen LogP contribution in [0.4, 0.5) is 6.01 Å². The molecule has 0 spiro atoms. The van der Waals surface area contributed by atoms with E-state index in [1.165, 1.54) is 35.0 Å². The topological polar surface area (TPSA) is 105 Å². The van der Waals surface area contributed by atoms with Crippen molar-refractivity contribution in [3.05, 3.63) is 35.7 Å². The highest BCUT2D eigenvalue weighted by atomic mass is 32.2. The predicted molar refractivity (Wildman–Crippen MR) is 123 cm³/mol. The standard InChI is InChI=1S/C23H34N4O4S/c1-16(2)14-27(15-17(3)4)32(29,30)20-12-10-18(11-13-20)21(28)24-23-26-25-22(31-23)19-8-6-5-7-9-19/h10-13,16-17,19H,5-9,14-15H2,1-4H3,(H,24,26,28). The van der Waals surface area contributed by atoms with E-state index in [1.807, 2.05) is 27.7 Å². The van der Waals surface area contributed by atoms with Crippen LogP contribution in [0.25, 0.3) is 0 Å². The molecule has 0 radical (unpaired) electrons. The summed E-state index contributed by atoms with van der Waals surface area (Å²) < 4.78 is 33.4. The van der Waals surface area contributed by atoms with Gasteiger partial charge in [-0.2, -0.15) is 4.31 Å². The van der Waals surface area contributed by atoms with Crippen molar-refractivity contribution in [3.8, 4) is 0 Å². The summed E-state index contributed by atoms with van der Waals surface area (Å²) in [6, 6.07) is 6.01. The molecular formula is C23H34N4O4S. The van der Waals surface area contributed by atoms with Gasteiger partial charge >= 0.3 is 6.01 Å². The highest BCUT2D eigenvalue weighted by Gasteiger charge is 2.26. The number of hydrogen-bond donors (Lipinski definition) is 1. The van der Waals surface area contributed by atoms with Gasteiger partial charge in [0.25, 0.3) is 5.91 Å². The molecule has 8 nitrogen and oxygen atoms in total. The molecule has 1 aliphatic carbocycles. The largest absolute Gasteiger partial charge is 0.408 e. The number of nitrogens with zero attached hydrogens (tertiary/aromatic N) is 3. The Labute approximate surface area is 190 Å². The van der Waals surface area contributed by atoms with Crippen LogP contribution in [0.3, 0.4) is 0 Å². The minimum absolute atomic E-state index is 0.0623. The van der Waals surface area contributed by atoms with Gasteiger partial charge < -0.3 is 4.42 Å². The van der Waals surface area contributed by atoms with Gasteiger partial charge in [0.1, 0.15) is 0 Å². The third-order valence-corrected chi connectivity index (χ3v) is 7.35. The fraction of sp³-hybridized carbons (Fsp3) is 0.609. The van der Waals surface area contributed by atoms with Crippen LogP contribution in [-0.2, 0) is 10.0 Å². The van der Waals surface area contributed by atoms with Gasteiger partial charge in [-0.15, -0.1) is 5.10 Å². The van der Waals surface area contributed by atoms with E-state index in [9.17, 15) is 13.2 Å². The Morgan fingerprint density at radius 3 is 2.19 bits per heavy atom. The van der Waals surface area contributed by atoms with Crippen molar-refractivity contribution in [1.29, 1.82) is 0 Å². The van der Waals surface area contributed by atoms with E-state index in [1.54, 1.807) is 0 Å². The minimum atomic E-state index is -3.64. The van der Waals surface area contributed by atoms with E-state index in [2.05, 4.69) is 15.5 Å². The summed E-state index contributed by atoms with van der Waals surface area (Å²) in [4.78, 5) is 12.8. The fourth-order valence-corrected chi connectivity index (χ4v) is 5.75. The summed E-state index contributed by atoms with van der Waals surface area (Å²) in [5.74, 6) is 0.819. The maximum atomic E-state index is 13.1. The van der Waals surface area contributed by atoms with E-state index < -0.39 is 15.9 Å². The monoisotopic (exact) mass is 462 g/mol. The van der Waals surface area contributed by atoms with Gasteiger partial charge in [-0.3, -0.25) is 10.1 Å². The van der Waals surface area contributed by atoms with Crippen molar-refractivity contribution in [2.45, 2.75) is 70.6 Å². The second kappa shape index (κ2) is 10.6. The lowest BCUT2D eigenvalue weighted by Crippen LogP contribution is -2.37. The van der Waals surface area contributed by atoms with Gasteiger partial charge in [0, 0.05) is 24.6 Å². The minimum Gasteiger partial charge on any atom is -0.408 e. The molecule has 1 saturated carbocycles. The zero-order valence-corrected chi connectivity index (χ0v) is 20.2. The van der Waals surface area contributed by atoms with Crippen LogP contribution in [0.1, 0.15) is 82.0 Å². The molecule has 0 unspecified atom stereocenters. The van der Waals surface area contributed by atoms with Gasteiger partial charge in [-0.1, -0.05) is 52.1 Å². The number of hydrogen-bond acceptors (Lipinski definition) is 6. The quantitative estimate of drug-likeness (QED) is 0.580. The van der Waals surface area contributed by atoms with Gasteiger partial charge in [0.2, 0.25) is 15.9 Å². The first-order chi connectivity index (χ1) is 15.2. The highest BCUT2D eigenvalue weighted by molar-refractivity contribution is 7.89. The van der Waals surface area contributed by atoms with Gasteiger partial charge in [-0.25, -0.2) is 8.42 Å². The summed E-state index contributed by atoms with van der Waals surface area (Å²) in [5, 5.41) is 10.6. The number of sulfonamides is 1. The smallest absolute Gasteiger partial charge is 0.322 e. The Bertz CT molecular complexity index is 983. The highest BCUT2D eigenvalue weighted by Crippen LogP contribution is 2.32. The van der Waals surface area contributed by atoms with Crippen molar-refractivity contribution in [2.75, 3.05) is 18.4 Å². The van der Waals surface area contributed by atoms with Crippen molar-refractivity contribution >= 4 is 21.9 Å². The first kappa shape index (κ1) is 24.4. The Kier molecular flexibility index (Phi) is 8.05. The molecule has 1 heterocycles. The molecule has 1 aromatic heterocycles. The van der Waals surface area contributed by atoms with Gasteiger partial charge in [-0.05, 0) is 48.9 Å². The van der Waals surface area contributed by atoms with E-state index >= 15 is 0 Å². The number of anilines is 1. The van der Waals surface area contributed by atoms with E-state index in [0.717, 1.165) is 25.7 Å². The van der Waals surface area contributed by atoms with Crippen molar-refractivity contribution < 1.29 is 17.6 Å². The second-order valence-corrected chi connectivity index (χ2v) is 11.3. The van der Waals surface area contributed by atoms with Crippen LogP contribution in [0, 0.1) is 11.8 Å². The number of nitrogens with one attached hydrogen (secondary N) is 1. The molecule has 1 N–H and O–H groups in total. The number of rotatable bonds is 9. The molecule has 9 heteroatoms. The third kappa shape index (κ3) is 6.16. The molecule has 2 aromatic rings. The molecule has 176 valence electrons. The van der Waals surface area contributed by atoms with Crippen LogP contribution in [-0.4, -0.2) is 41.9 Å². The molecule has 1 amide bonds. The Hall–Kier alpha value is -2.26. The Morgan fingerprint density at radius 1 is 1.03 bits per heavy atom. The summed E-state index contributed by atoms with van der Waals surface area (Å²) in [6.07, 6.45) is 5.57. The summed E-state index contributed by atoms with van der Waals surface area (Å²) in [6.45, 7) is 8.87. The van der Waals surface area contributed by atoms with Gasteiger partial charge in [0.15, 0.2) is 0 Å². The predicted octanol–water partition coefficient (Wildman–Crippen LogP) is 4.67. The molecule has 1 aliphatic rings. The van der Waals surface area contributed by atoms with Crippen LogP contribution in [0.5, 0.6) is 0 Å². The number of aromatic nitrogens is 2. The average molecular weight is 463 g/mol. The Morgan fingerprint density at radius 2 is 1.62 bits per heavy atom. The third-order valence-electron chi connectivity index (χ3n) is 5.51. The summed E-state index contributed by atoms with van der Waals surface area (Å²) in [5.41, 5.74) is 0.320. The lowest BCUT2D eigenvalue weighted by Gasteiger charge is -2.25. The molecule has 0 atom stereocenters. The van der Waals surface area contributed by atoms with Crippen molar-refractivity contribution in [2.24, 2.45) is 11.8 Å². The summed E-state index contributed by atoms with van der Waals surface area (Å²) in [7, 11) is -3.64. The lowest BCUT2D eigenvalue weighted by atomic mass is 9.89. The maximum absolute atomic E-state index is 13.1. The number of amides is 1. The van der Waals surface area contributed by atoms with Gasteiger partial charge in [0.05, 0.1) is 4.90 Å². The van der Waals surface area contributed by atoms with Crippen LogP contribution < -0.4 is 5.32 Å². The molecule has 0 saturated heterocycles. The normalized spacial score (nSPS) is 15.6. The zero-order chi connectivity index (χ0) is 23.3. The fourth-order valence-electron chi connectivity index (χ4n) is 3.98. The number of benzene rings is 1. The number of carbonyl (C=O) groups is 1.